The van der Waals surface area contributed by atoms with Crippen LogP contribution >= 0.6 is 0 Å². The summed E-state index contributed by atoms with van der Waals surface area (Å²) in [6, 6.07) is 8.81. The quantitative estimate of drug-likeness (QED) is 0.419. The molecule has 0 bridgehead atoms. The lowest BCUT2D eigenvalue weighted by Gasteiger charge is -2.44. The first kappa shape index (κ1) is 27.1. The third kappa shape index (κ3) is 6.20. The van der Waals surface area contributed by atoms with Crippen LogP contribution in [0.1, 0.15) is 48.8 Å². The van der Waals surface area contributed by atoms with Crippen molar-refractivity contribution in [2.24, 2.45) is 11.5 Å². The van der Waals surface area contributed by atoms with Gasteiger partial charge >= 0.3 is 0 Å². The van der Waals surface area contributed by atoms with Gasteiger partial charge in [-0.05, 0) is 61.1 Å². The molecule has 36 heavy (non-hydrogen) atoms. The molecular formula is C27H35FN4O4. The summed E-state index contributed by atoms with van der Waals surface area (Å²) in [6.07, 6.45) is 3.66. The van der Waals surface area contributed by atoms with E-state index in [-0.39, 0.29) is 24.4 Å². The van der Waals surface area contributed by atoms with Crippen LogP contribution in [0.5, 0.6) is 5.75 Å². The van der Waals surface area contributed by atoms with E-state index in [1.54, 1.807) is 38.2 Å². The topological polar surface area (TPSA) is 139 Å². The van der Waals surface area contributed by atoms with Crippen LogP contribution < -0.4 is 16.8 Å². The van der Waals surface area contributed by atoms with Crippen molar-refractivity contribution >= 4 is 17.7 Å². The molecule has 0 aliphatic heterocycles. The maximum atomic E-state index is 13.7. The number of aromatic hydroxyl groups is 1. The molecule has 2 atom stereocenters. The number of nitrogens with zero attached hydrogens (tertiary/aromatic N) is 1. The maximum Gasteiger partial charge on any atom is 0.246 e. The van der Waals surface area contributed by atoms with Crippen LogP contribution in [-0.4, -0.2) is 52.4 Å². The van der Waals surface area contributed by atoms with Gasteiger partial charge in [-0.3, -0.25) is 14.4 Å². The van der Waals surface area contributed by atoms with E-state index in [9.17, 15) is 23.9 Å². The predicted molar refractivity (Wildman–Crippen MR) is 134 cm³/mol. The highest BCUT2D eigenvalue weighted by Crippen LogP contribution is 2.34. The number of amides is 3. The minimum Gasteiger partial charge on any atom is -0.508 e. The molecule has 0 unspecified atom stereocenters. The SMILES string of the molecule is Cc1cc(C[C@H](NC(=O)C2(N(C)C(=O)[C@@H](N)Cc3ccc(F)cc3)CCCCC2)C(N)=O)ccc1O. The highest BCUT2D eigenvalue weighted by molar-refractivity contribution is 5.95. The molecule has 0 heterocycles. The zero-order chi connectivity index (χ0) is 26.5. The van der Waals surface area contributed by atoms with Gasteiger partial charge in [0.1, 0.15) is 23.1 Å². The number of likely N-dealkylation sites (N-methyl/N-ethyl adjacent to an activating group) is 1. The largest absolute Gasteiger partial charge is 0.508 e. The third-order valence-electron chi connectivity index (χ3n) is 7.11. The number of nitrogens with two attached hydrogens (primary N) is 2. The van der Waals surface area contributed by atoms with Crippen LogP contribution in [0.3, 0.4) is 0 Å². The molecule has 0 saturated heterocycles. The number of hydrogen-bond acceptors (Lipinski definition) is 5. The van der Waals surface area contributed by atoms with Crippen LogP contribution in [0, 0.1) is 12.7 Å². The molecule has 9 heteroatoms. The van der Waals surface area contributed by atoms with Gasteiger partial charge in [-0.2, -0.15) is 0 Å². The first-order valence-corrected chi connectivity index (χ1v) is 12.2. The summed E-state index contributed by atoms with van der Waals surface area (Å²) in [5.74, 6) is -1.77. The number of nitrogens with one attached hydrogen (secondary N) is 1. The lowest BCUT2D eigenvalue weighted by molar-refractivity contribution is -0.150. The Balaban J connectivity index is 1.78. The fraction of sp³-hybridized carbons (Fsp3) is 0.444. The van der Waals surface area contributed by atoms with E-state index in [2.05, 4.69) is 5.32 Å². The molecule has 3 rings (SSSR count). The van der Waals surface area contributed by atoms with Crippen LogP contribution in [0.15, 0.2) is 42.5 Å². The van der Waals surface area contributed by atoms with E-state index in [4.69, 9.17) is 11.5 Å². The van der Waals surface area contributed by atoms with E-state index in [0.29, 0.717) is 24.0 Å². The summed E-state index contributed by atoms with van der Waals surface area (Å²) in [5.41, 5.74) is 12.8. The van der Waals surface area contributed by atoms with Gasteiger partial charge in [0.2, 0.25) is 17.7 Å². The van der Waals surface area contributed by atoms with Gasteiger partial charge in [-0.15, -0.1) is 0 Å². The molecule has 1 saturated carbocycles. The number of rotatable bonds is 9. The smallest absolute Gasteiger partial charge is 0.246 e. The number of carbonyl (C=O) groups excluding carboxylic acids is 3. The average molecular weight is 499 g/mol. The highest BCUT2D eigenvalue weighted by Gasteiger charge is 2.47. The normalized spacial score (nSPS) is 16.6. The molecule has 1 aliphatic carbocycles. The van der Waals surface area contributed by atoms with Crippen LogP contribution in [0.25, 0.3) is 0 Å². The summed E-state index contributed by atoms with van der Waals surface area (Å²) < 4.78 is 13.2. The van der Waals surface area contributed by atoms with Crippen molar-refractivity contribution in [3.8, 4) is 5.75 Å². The number of benzene rings is 2. The van der Waals surface area contributed by atoms with Crippen molar-refractivity contribution in [2.75, 3.05) is 7.05 Å². The molecule has 2 aromatic carbocycles. The summed E-state index contributed by atoms with van der Waals surface area (Å²) in [4.78, 5) is 40.7. The number of phenolic OH excluding ortho intramolecular Hbond substituents is 1. The summed E-state index contributed by atoms with van der Waals surface area (Å²) in [7, 11) is 1.57. The number of halogens is 1. The van der Waals surface area contributed by atoms with E-state index >= 15 is 0 Å². The first-order chi connectivity index (χ1) is 17.0. The first-order valence-electron chi connectivity index (χ1n) is 12.2. The summed E-state index contributed by atoms with van der Waals surface area (Å²) >= 11 is 0. The van der Waals surface area contributed by atoms with Crippen molar-refractivity contribution in [3.05, 3.63) is 65.0 Å². The monoisotopic (exact) mass is 498 g/mol. The van der Waals surface area contributed by atoms with Gasteiger partial charge in [0, 0.05) is 13.5 Å². The minimum absolute atomic E-state index is 0.136. The molecule has 0 aromatic heterocycles. The third-order valence-corrected chi connectivity index (χ3v) is 7.11. The van der Waals surface area contributed by atoms with Crippen molar-refractivity contribution < 1.29 is 23.9 Å². The van der Waals surface area contributed by atoms with Gasteiger partial charge in [0.05, 0.1) is 6.04 Å². The molecule has 0 radical (unpaired) electrons. The van der Waals surface area contributed by atoms with Crippen LogP contribution in [-0.2, 0) is 27.2 Å². The fourth-order valence-electron chi connectivity index (χ4n) is 4.87. The average Bonchev–Trinajstić information content (AvgIpc) is 2.86. The number of primary amides is 1. The zero-order valence-electron chi connectivity index (χ0n) is 20.8. The second-order valence-electron chi connectivity index (χ2n) is 9.68. The van der Waals surface area contributed by atoms with E-state index < -0.39 is 35.3 Å². The Morgan fingerprint density at radius 3 is 2.25 bits per heavy atom. The number of hydrogen-bond donors (Lipinski definition) is 4. The van der Waals surface area contributed by atoms with E-state index in [0.717, 1.165) is 24.8 Å². The lowest BCUT2D eigenvalue weighted by atomic mass is 9.79. The van der Waals surface area contributed by atoms with Gasteiger partial charge in [0.15, 0.2) is 0 Å². The Kier molecular flexibility index (Phi) is 8.68. The van der Waals surface area contributed by atoms with Crippen molar-refractivity contribution in [1.82, 2.24) is 10.2 Å². The number of phenols is 1. The molecule has 1 aliphatic rings. The molecule has 8 nitrogen and oxygen atoms in total. The minimum atomic E-state index is -1.16. The van der Waals surface area contributed by atoms with Crippen LogP contribution in [0.2, 0.25) is 0 Å². The Bertz CT molecular complexity index is 1100. The van der Waals surface area contributed by atoms with Gasteiger partial charge in [-0.1, -0.05) is 43.5 Å². The Morgan fingerprint density at radius 1 is 1.06 bits per heavy atom. The second-order valence-corrected chi connectivity index (χ2v) is 9.68. The number of carbonyl (C=O) groups is 3. The second kappa shape index (κ2) is 11.5. The Labute approximate surface area is 210 Å². The van der Waals surface area contributed by atoms with E-state index in [1.807, 2.05) is 0 Å². The fourth-order valence-corrected chi connectivity index (χ4v) is 4.87. The molecule has 194 valence electrons. The highest BCUT2D eigenvalue weighted by atomic mass is 19.1. The Hall–Kier alpha value is -3.46. The van der Waals surface area contributed by atoms with Crippen LogP contribution in [0.4, 0.5) is 4.39 Å². The standard InChI is InChI=1S/C27H35FN4O4/c1-17-14-19(8-11-23(17)33)16-22(24(30)34)31-26(36)27(12-4-3-5-13-27)32(2)25(35)21(29)15-18-6-9-20(28)10-7-18/h6-11,14,21-22,33H,3-5,12-13,15-16,29H2,1-2H3,(H2,30,34)(H,31,36)/t21-,22-/m0/s1. The molecule has 0 spiro atoms. The summed E-state index contributed by atoms with van der Waals surface area (Å²) in [5, 5.41) is 12.6. The lowest BCUT2D eigenvalue weighted by Crippen LogP contribution is -2.64. The molecule has 6 N–H and O–H groups in total. The Morgan fingerprint density at radius 2 is 1.67 bits per heavy atom. The van der Waals surface area contributed by atoms with Gasteiger partial charge < -0.3 is 26.8 Å². The van der Waals surface area contributed by atoms with Gasteiger partial charge in [-0.25, -0.2) is 4.39 Å². The summed E-state index contributed by atoms with van der Waals surface area (Å²) in [6.45, 7) is 1.74. The van der Waals surface area contributed by atoms with Crippen molar-refractivity contribution in [2.45, 2.75) is 69.5 Å². The van der Waals surface area contributed by atoms with Gasteiger partial charge in [0.25, 0.3) is 0 Å². The van der Waals surface area contributed by atoms with Crippen molar-refractivity contribution in [3.63, 3.8) is 0 Å². The molecule has 3 amide bonds. The number of aryl methyl sites for hydroxylation is 1. The molecular weight excluding hydrogens is 463 g/mol. The molecule has 2 aromatic rings. The van der Waals surface area contributed by atoms with E-state index in [1.165, 1.54) is 23.1 Å². The predicted octanol–water partition coefficient (Wildman–Crippen LogP) is 2.08. The molecule has 1 fully saturated rings. The zero-order valence-corrected chi connectivity index (χ0v) is 20.8. The van der Waals surface area contributed by atoms with Crippen molar-refractivity contribution in [1.29, 1.82) is 0 Å². The maximum absolute atomic E-state index is 13.7.